The molecular formula is C41H64N6O8. The Balaban J connectivity index is 1.48. The maximum absolute atomic E-state index is 13.5. The smallest absolute Gasteiger partial charge is 0.410 e. The second-order valence-corrected chi connectivity index (χ2v) is 17.6. The summed E-state index contributed by atoms with van der Waals surface area (Å²) < 4.78 is 5.54. The van der Waals surface area contributed by atoms with Crippen LogP contribution in [-0.2, 0) is 35.3 Å². The molecule has 1 unspecified atom stereocenters. The number of hydrogen-bond acceptors (Lipinski definition) is 8. The minimum Gasteiger partial charge on any atom is -0.445 e. The van der Waals surface area contributed by atoms with Crippen molar-refractivity contribution in [1.29, 1.82) is 0 Å². The number of carbonyl (C=O) groups excluding carboxylic acids is 7. The fourth-order valence-electron chi connectivity index (χ4n) is 7.14. The molecule has 5 N–H and O–H groups in total. The fourth-order valence-corrected chi connectivity index (χ4v) is 7.14. The van der Waals surface area contributed by atoms with Gasteiger partial charge in [-0.25, -0.2) is 9.59 Å². The van der Waals surface area contributed by atoms with E-state index in [9.17, 15) is 33.6 Å². The number of amides is 7. The summed E-state index contributed by atoms with van der Waals surface area (Å²) in [5.41, 5.74) is 6.38. The number of ether oxygens (including phenoxy) is 1. The molecule has 0 spiro atoms. The molecule has 1 aromatic rings. The van der Waals surface area contributed by atoms with Gasteiger partial charge in [-0.1, -0.05) is 73.9 Å². The maximum atomic E-state index is 13.5. The standard InChI is InChI=1S/C41H64N6O8/c1-26(2)35(45-33(49)12-10-9-11-19-47-34(50)23-31(37(47)52)41(6,7)8)32(48)22-28(24-43-38(42)53)36(51)44-30-15-13-27(14-16-30)25-55-39(54)46-20-17-29(18-21-46)40(3,4)5/h13-16,26,28-29,31,35H,9-12,17-25H2,1-8H3,(H,44,51)(H,45,49)(H3,42,43,53)/t28-,31?,35-/m0/s1. The molecule has 7 amide bonds. The molecule has 3 rings (SSSR count). The Hall–Kier alpha value is -4.49. The number of benzene rings is 1. The number of primary amides is 1. The molecule has 0 aliphatic carbocycles. The molecule has 2 heterocycles. The predicted octanol–water partition coefficient (Wildman–Crippen LogP) is 5.39. The van der Waals surface area contributed by atoms with Gasteiger partial charge in [0.15, 0.2) is 5.78 Å². The average Bonchev–Trinajstić information content (AvgIpc) is 3.40. The highest BCUT2D eigenvalue weighted by Crippen LogP contribution is 2.36. The van der Waals surface area contributed by atoms with E-state index in [4.69, 9.17) is 10.5 Å². The quantitative estimate of drug-likeness (QED) is 0.120. The molecule has 55 heavy (non-hydrogen) atoms. The lowest BCUT2D eigenvalue weighted by Gasteiger charge is -2.38. The first-order valence-electron chi connectivity index (χ1n) is 19.7. The number of anilines is 1. The van der Waals surface area contributed by atoms with E-state index in [-0.39, 0.29) is 84.7 Å². The summed E-state index contributed by atoms with van der Waals surface area (Å²) in [6, 6.07) is 5.08. The minimum absolute atomic E-state index is 0.0763. The average molecular weight is 769 g/mol. The van der Waals surface area contributed by atoms with E-state index >= 15 is 0 Å². The van der Waals surface area contributed by atoms with Crippen molar-refractivity contribution in [2.75, 3.05) is 31.5 Å². The van der Waals surface area contributed by atoms with Crippen LogP contribution in [0.15, 0.2) is 24.3 Å². The zero-order valence-electron chi connectivity index (χ0n) is 34.1. The molecule has 14 heteroatoms. The molecule has 14 nitrogen and oxygen atoms in total. The Morgan fingerprint density at radius 1 is 0.909 bits per heavy atom. The maximum Gasteiger partial charge on any atom is 0.410 e. The number of piperidine rings is 1. The van der Waals surface area contributed by atoms with Crippen molar-refractivity contribution in [3.63, 3.8) is 0 Å². The normalized spacial score (nSPS) is 17.9. The van der Waals surface area contributed by atoms with E-state index in [2.05, 4.69) is 36.7 Å². The van der Waals surface area contributed by atoms with Crippen LogP contribution in [0.4, 0.5) is 15.3 Å². The molecule has 306 valence electrons. The highest BCUT2D eigenvalue weighted by Gasteiger charge is 2.44. The Morgan fingerprint density at radius 3 is 2.09 bits per heavy atom. The molecule has 0 saturated carbocycles. The van der Waals surface area contributed by atoms with Gasteiger partial charge >= 0.3 is 12.1 Å². The molecule has 1 aromatic carbocycles. The molecule has 2 aliphatic heterocycles. The van der Waals surface area contributed by atoms with Crippen molar-refractivity contribution < 1.29 is 38.3 Å². The van der Waals surface area contributed by atoms with Gasteiger partial charge in [-0.2, -0.15) is 0 Å². The number of rotatable bonds is 17. The van der Waals surface area contributed by atoms with Gasteiger partial charge in [0.2, 0.25) is 23.6 Å². The topological polar surface area (TPSA) is 197 Å². The SMILES string of the molecule is CC(C)[C@H](NC(=O)CCCCCN1C(=O)CC(C(C)(C)C)C1=O)C(=O)C[C@@H](CNC(N)=O)C(=O)Nc1ccc(COC(=O)N2CCC(C(C)(C)C)CC2)cc1. The largest absolute Gasteiger partial charge is 0.445 e. The molecule has 0 bridgehead atoms. The lowest BCUT2D eigenvalue weighted by molar-refractivity contribution is -0.140. The first kappa shape index (κ1) is 44.9. The lowest BCUT2D eigenvalue weighted by Crippen LogP contribution is -2.47. The Bertz CT molecular complexity index is 1520. The summed E-state index contributed by atoms with van der Waals surface area (Å²) in [5.74, 6) is -2.51. The van der Waals surface area contributed by atoms with Crippen LogP contribution in [-0.4, -0.2) is 83.6 Å². The Morgan fingerprint density at radius 2 is 1.55 bits per heavy atom. The number of nitrogens with one attached hydrogen (secondary N) is 3. The van der Waals surface area contributed by atoms with Crippen LogP contribution in [0, 0.1) is 34.5 Å². The van der Waals surface area contributed by atoms with Crippen molar-refractivity contribution in [1.82, 2.24) is 20.4 Å². The number of nitrogens with zero attached hydrogens (tertiary/aromatic N) is 2. The van der Waals surface area contributed by atoms with Gasteiger partial charge in [0.05, 0.1) is 17.9 Å². The summed E-state index contributed by atoms with van der Waals surface area (Å²) in [5, 5.41) is 8.01. The lowest BCUT2D eigenvalue weighted by atomic mass is 9.75. The van der Waals surface area contributed by atoms with Crippen molar-refractivity contribution in [3.8, 4) is 0 Å². The molecule has 0 aromatic heterocycles. The molecule has 2 saturated heterocycles. The van der Waals surface area contributed by atoms with Gasteiger partial charge in [0, 0.05) is 51.1 Å². The second kappa shape index (κ2) is 19.9. The van der Waals surface area contributed by atoms with Crippen LogP contribution in [0.1, 0.15) is 112 Å². The number of likely N-dealkylation sites (tertiary alicyclic amines) is 2. The summed E-state index contributed by atoms with van der Waals surface area (Å²) in [6.45, 7) is 17.6. The van der Waals surface area contributed by atoms with Crippen LogP contribution in [0.5, 0.6) is 0 Å². The number of hydrogen-bond donors (Lipinski definition) is 4. The number of unbranched alkanes of at least 4 members (excludes halogenated alkanes) is 2. The number of imide groups is 1. The zero-order valence-corrected chi connectivity index (χ0v) is 34.1. The number of Topliss-reactive ketones (excluding diaryl/α,β-unsaturated/α-hetero) is 1. The van der Waals surface area contributed by atoms with E-state index in [1.807, 2.05) is 20.8 Å². The third-order valence-corrected chi connectivity index (χ3v) is 10.8. The van der Waals surface area contributed by atoms with Crippen LogP contribution < -0.4 is 21.7 Å². The molecule has 2 aliphatic rings. The van der Waals surface area contributed by atoms with E-state index in [0.29, 0.717) is 50.5 Å². The van der Waals surface area contributed by atoms with Crippen molar-refractivity contribution in [2.24, 2.45) is 40.2 Å². The first-order chi connectivity index (χ1) is 25.7. The monoisotopic (exact) mass is 768 g/mol. The Kier molecular flexibility index (Phi) is 16.2. The highest BCUT2D eigenvalue weighted by atomic mass is 16.6. The van der Waals surface area contributed by atoms with Gasteiger partial charge in [0.1, 0.15) is 6.61 Å². The van der Waals surface area contributed by atoms with Crippen LogP contribution in [0.2, 0.25) is 0 Å². The van der Waals surface area contributed by atoms with Crippen molar-refractivity contribution in [3.05, 3.63) is 29.8 Å². The molecular weight excluding hydrogens is 704 g/mol. The summed E-state index contributed by atoms with van der Waals surface area (Å²) in [4.78, 5) is 92.2. The van der Waals surface area contributed by atoms with E-state index in [1.54, 1.807) is 43.0 Å². The highest BCUT2D eigenvalue weighted by molar-refractivity contribution is 6.04. The number of nitrogens with two attached hydrogens (primary N) is 1. The molecule has 3 atom stereocenters. The third kappa shape index (κ3) is 13.9. The summed E-state index contributed by atoms with van der Waals surface area (Å²) in [7, 11) is 0. The van der Waals surface area contributed by atoms with Gasteiger partial charge in [-0.3, -0.25) is 28.9 Å². The van der Waals surface area contributed by atoms with E-state index in [0.717, 1.165) is 18.4 Å². The van der Waals surface area contributed by atoms with Crippen LogP contribution in [0.3, 0.4) is 0 Å². The molecule has 0 radical (unpaired) electrons. The third-order valence-electron chi connectivity index (χ3n) is 10.8. The summed E-state index contributed by atoms with van der Waals surface area (Å²) >= 11 is 0. The fraction of sp³-hybridized carbons (Fsp3) is 0.683. The van der Waals surface area contributed by atoms with Gasteiger partial charge in [0.25, 0.3) is 0 Å². The van der Waals surface area contributed by atoms with Gasteiger partial charge < -0.3 is 31.3 Å². The van der Waals surface area contributed by atoms with Crippen molar-refractivity contribution in [2.45, 2.75) is 119 Å². The first-order valence-corrected chi connectivity index (χ1v) is 19.7. The Labute approximate surface area is 326 Å². The predicted molar refractivity (Wildman–Crippen MR) is 209 cm³/mol. The molecule has 2 fully saturated rings. The summed E-state index contributed by atoms with van der Waals surface area (Å²) in [6.07, 6.45) is 3.35. The van der Waals surface area contributed by atoms with E-state index < -0.39 is 23.9 Å². The number of carbonyl (C=O) groups is 7. The van der Waals surface area contributed by atoms with Crippen molar-refractivity contribution >= 4 is 47.2 Å². The number of ketones is 1. The van der Waals surface area contributed by atoms with Gasteiger partial charge in [-0.15, -0.1) is 0 Å². The zero-order chi connectivity index (χ0) is 41.1. The van der Waals surface area contributed by atoms with Crippen LogP contribution >= 0.6 is 0 Å². The second-order valence-electron chi connectivity index (χ2n) is 17.6. The van der Waals surface area contributed by atoms with Crippen LogP contribution in [0.25, 0.3) is 0 Å². The number of urea groups is 1. The minimum atomic E-state index is -0.977. The van der Waals surface area contributed by atoms with Gasteiger partial charge in [-0.05, 0) is 66.0 Å². The van der Waals surface area contributed by atoms with E-state index in [1.165, 1.54) is 4.90 Å².